The highest BCUT2D eigenvalue weighted by Gasteiger charge is 2.13. The lowest BCUT2D eigenvalue weighted by atomic mass is 10.2. The molecule has 0 saturated heterocycles. The Morgan fingerprint density at radius 3 is 2.11 bits per heavy atom. The summed E-state index contributed by atoms with van der Waals surface area (Å²) in [5.74, 6) is -0.281. The standard InChI is InChI=1S/C28H20Cl2N2O4/c29-22-13-9-19(10-14-22)18-35-26-8-4-2-6-24(26)27(33)32-31-17-21-5-1-3-7-25(21)36-28(34)20-11-15-23(30)16-12-20/h1-17H,18H2,(H,32,33)/b31-17+. The van der Waals surface area contributed by atoms with Gasteiger partial charge in [0.15, 0.2) is 0 Å². The van der Waals surface area contributed by atoms with E-state index in [2.05, 4.69) is 10.5 Å². The van der Waals surface area contributed by atoms with E-state index in [0.717, 1.165) is 5.56 Å². The van der Waals surface area contributed by atoms with Gasteiger partial charge in [-0.05, 0) is 66.2 Å². The normalized spacial score (nSPS) is 10.7. The zero-order chi connectivity index (χ0) is 25.3. The number of hydrogen-bond acceptors (Lipinski definition) is 5. The van der Waals surface area contributed by atoms with Crippen molar-refractivity contribution in [2.24, 2.45) is 5.10 Å². The van der Waals surface area contributed by atoms with Crippen LogP contribution < -0.4 is 14.9 Å². The molecule has 0 aliphatic rings. The van der Waals surface area contributed by atoms with Gasteiger partial charge in [-0.25, -0.2) is 10.2 Å². The van der Waals surface area contributed by atoms with Crippen LogP contribution in [0, 0.1) is 0 Å². The summed E-state index contributed by atoms with van der Waals surface area (Å²) in [7, 11) is 0. The minimum absolute atomic E-state index is 0.275. The highest BCUT2D eigenvalue weighted by atomic mass is 35.5. The Hall–Kier alpha value is -4.13. The third-order valence-electron chi connectivity index (χ3n) is 5.01. The summed E-state index contributed by atoms with van der Waals surface area (Å²) >= 11 is 11.8. The highest BCUT2D eigenvalue weighted by Crippen LogP contribution is 2.21. The second-order valence-electron chi connectivity index (χ2n) is 7.54. The summed E-state index contributed by atoms with van der Waals surface area (Å²) in [6.45, 7) is 0.275. The van der Waals surface area contributed by atoms with E-state index in [4.69, 9.17) is 32.7 Å². The third-order valence-corrected chi connectivity index (χ3v) is 5.51. The van der Waals surface area contributed by atoms with Crippen LogP contribution in [0.15, 0.2) is 102 Å². The van der Waals surface area contributed by atoms with Crippen LogP contribution >= 0.6 is 23.2 Å². The molecule has 0 radical (unpaired) electrons. The number of rotatable bonds is 8. The van der Waals surface area contributed by atoms with Crippen molar-refractivity contribution < 1.29 is 19.1 Å². The van der Waals surface area contributed by atoms with Gasteiger partial charge in [-0.15, -0.1) is 0 Å². The maximum absolute atomic E-state index is 12.8. The molecule has 8 heteroatoms. The summed E-state index contributed by atoms with van der Waals surface area (Å²) in [5, 5.41) is 5.19. The number of hydrogen-bond donors (Lipinski definition) is 1. The molecule has 1 N–H and O–H groups in total. The number of carbonyl (C=O) groups excluding carboxylic acids is 2. The van der Waals surface area contributed by atoms with E-state index in [-0.39, 0.29) is 6.61 Å². The van der Waals surface area contributed by atoms with Crippen LogP contribution in [-0.4, -0.2) is 18.1 Å². The Bertz CT molecular complexity index is 1390. The monoisotopic (exact) mass is 518 g/mol. The van der Waals surface area contributed by atoms with E-state index in [1.807, 2.05) is 12.1 Å². The first kappa shape index (κ1) is 25.0. The summed E-state index contributed by atoms with van der Waals surface area (Å²) < 4.78 is 11.3. The lowest BCUT2D eigenvalue weighted by molar-refractivity contribution is 0.0734. The van der Waals surface area contributed by atoms with Crippen molar-refractivity contribution in [3.05, 3.63) is 129 Å². The van der Waals surface area contributed by atoms with Crippen molar-refractivity contribution in [3.8, 4) is 11.5 Å². The Kier molecular flexibility index (Phi) is 8.34. The van der Waals surface area contributed by atoms with Gasteiger partial charge in [-0.2, -0.15) is 5.10 Å². The average molecular weight is 519 g/mol. The molecule has 6 nitrogen and oxygen atoms in total. The smallest absolute Gasteiger partial charge is 0.343 e. The average Bonchev–Trinajstić information content (AvgIpc) is 2.90. The van der Waals surface area contributed by atoms with E-state index >= 15 is 0 Å². The predicted octanol–water partition coefficient (Wildman–Crippen LogP) is 6.56. The zero-order valence-electron chi connectivity index (χ0n) is 18.9. The van der Waals surface area contributed by atoms with Gasteiger partial charge in [0.1, 0.15) is 18.1 Å². The molecule has 0 unspecified atom stereocenters. The van der Waals surface area contributed by atoms with Gasteiger partial charge < -0.3 is 9.47 Å². The SMILES string of the molecule is O=C(Oc1ccccc1/C=N/NC(=O)c1ccccc1OCc1ccc(Cl)cc1)c1ccc(Cl)cc1. The molecule has 0 bridgehead atoms. The third kappa shape index (κ3) is 6.72. The van der Waals surface area contributed by atoms with Crippen molar-refractivity contribution in [2.75, 3.05) is 0 Å². The maximum atomic E-state index is 12.8. The number of para-hydroxylation sites is 2. The molecule has 0 spiro atoms. The Balaban J connectivity index is 1.41. The molecule has 0 aliphatic heterocycles. The van der Waals surface area contributed by atoms with Crippen LogP contribution in [0.3, 0.4) is 0 Å². The molecule has 0 aromatic heterocycles. The van der Waals surface area contributed by atoms with E-state index in [9.17, 15) is 9.59 Å². The Morgan fingerprint density at radius 2 is 1.39 bits per heavy atom. The first-order valence-electron chi connectivity index (χ1n) is 10.9. The van der Waals surface area contributed by atoms with Gasteiger partial charge in [0.05, 0.1) is 17.3 Å². The number of nitrogens with one attached hydrogen (secondary N) is 1. The fraction of sp³-hybridized carbons (Fsp3) is 0.0357. The molecule has 1 amide bonds. The van der Waals surface area contributed by atoms with Crippen LogP contribution in [0.2, 0.25) is 10.0 Å². The summed E-state index contributed by atoms with van der Waals surface area (Å²) in [6.07, 6.45) is 1.40. The summed E-state index contributed by atoms with van der Waals surface area (Å²) in [4.78, 5) is 25.2. The molecular weight excluding hydrogens is 499 g/mol. The number of halogens is 2. The van der Waals surface area contributed by atoms with Gasteiger partial charge in [0.2, 0.25) is 0 Å². The predicted molar refractivity (Wildman–Crippen MR) is 140 cm³/mol. The summed E-state index contributed by atoms with van der Waals surface area (Å²) in [5.41, 5.74) is 4.59. The van der Waals surface area contributed by atoms with Gasteiger partial charge in [-0.1, -0.05) is 59.6 Å². The van der Waals surface area contributed by atoms with Crippen LogP contribution in [0.4, 0.5) is 0 Å². The minimum Gasteiger partial charge on any atom is -0.488 e. The Morgan fingerprint density at radius 1 is 0.778 bits per heavy atom. The van der Waals surface area contributed by atoms with Crippen LogP contribution in [0.25, 0.3) is 0 Å². The number of esters is 1. The molecule has 0 aliphatic carbocycles. The van der Waals surface area contributed by atoms with Crippen molar-refractivity contribution in [1.29, 1.82) is 0 Å². The number of hydrazone groups is 1. The topological polar surface area (TPSA) is 77.0 Å². The van der Waals surface area contributed by atoms with Gasteiger partial charge in [-0.3, -0.25) is 4.79 Å². The first-order chi connectivity index (χ1) is 17.5. The summed E-state index contributed by atoms with van der Waals surface area (Å²) in [6, 6.07) is 27.3. The number of carbonyl (C=O) groups is 2. The van der Waals surface area contributed by atoms with E-state index in [1.165, 1.54) is 6.21 Å². The van der Waals surface area contributed by atoms with Crippen LogP contribution in [0.5, 0.6) is 11.5 Å². The van der Waals surface area contributed by atoms with Gasteiger partial charge in [0, 0.05) is 15.6 Å². The molecule has 4 aromatic rings. The molecule has 0 saturated carbocycles. The van der Waals surface area contributed by atoms with E-state index in [0.29, 0.717) is 38.2 Å². The van der Waals surface area contributed by atoms with Crippen molar-refractivity contribution in [1.82, 2.24) is 5.43 Å². The number of ether oxygens (including phenoxy) is 2. The molecule has 0 atom stereocenters. The van der Waals surface area contributed by atoms with E-state index < -0.39 is 11.9 Å². The largest absolute Gasteiger partial charge is 0.488 e. The molecular formula is C28H20Cl2N2O4. The molecule has 0 fully saturated rings. The van der Waals surface area contributed by atoms with Crippen molar-refractivity contribution in [3.63, 3.8) is 0 Å². The number of benzene rings is 4. The van der Waals surface area contributed by atoms with Crippen LogP contribution in [-0.2, 0) is 6.61 Å². The number of nitrogens with zero attached hydrogens (tertiary/aromatic N) is 1. The zero-order valence-corrected chi connectivity index (χ0v) is 20.4. The van der Waals surface area contributed by atoms with Gasteiger partial charge in [0.25, 0.3) is 5.91 Å². The lowest BCUT2D eigenvalue weighted by Crippen LogP contribution is -2.19. The maximum Gasteiger partial charge on any atom is 0.343 e. The van der Waals surface area contributed by atoms with Gasteiger partial charge >= 0.3 is 5.97 Å². The molecule has 4 rings (SSSR count). The fourth-order valence-electron chi connectivity index (χ4n) is 3.17. The quantitative estimate of drug-likeness (QED) is 0.124. The number of amides is 1. The molecule has 180 valence electrons. The first-order valence-corrected chi connectivity index (χ1v) is 11.6. The van der Waals surface area contributed by atoms with E-state index in [1.54, 1.807) is 84.9 Å². The second kappa shape index (κ2) is 12.0. The highest BCUT2D eigenvalue weighted by molar-refractivity contribution is 6.30. The molecule has 4 aromatic carbocycles. The Labute approximate surface area is 218 Å². The minimum atomic E-state index is -0.539. The van der Waals surface area contributed by atoms with Crippen molar-refractivity contribution >= 4 is 41.3 Å². The fourth-order valence-corrected chi connectivity index (χ4v) is 3.42. The lowest BCUT2D eigenvalue weighted by Gasteiger charge is -2.11. The van der Waals surface area contributed by atoms with Crippen LogP contribution in [0.1, 0.15) is 31.8 Å². The molecule has 0 heterocycles. The van der Waals surface area contributed by atoms with Crippen molar-refractivity contribution in [2.45, 2.75) is 6.61 Å². The molecule has 36 heavy (non-hydrogen) atoms. The second-order valence-corrected chi connectivity index (χ2v) is 8.42.